The topological polar surface area (TPSA) is 114 Å². The molecule has 166 valence electrons. The van der Waals surface area contributed by atoms with Gasteiger partial charge in [-0.3, -0.25) is 14.9 Å². The van der Waals surface area contributed by atoms with Gasteiger partial charge in [-0.2, -0.15) is 5.26 Å². The Morgan fingerprint density at radius 1 is 1.12 bits per heavy atom. The van der Waals surface area contributed by atoms with Crippen LogP contribution in [0.1, 0.15) is 16.7 Å². The van der Waals surface area contributed by atoms with Crippen molar-refractivity contribution in [2.75, 3.05) is 12.4 Å². The number of carbonyl (C=O) groups excluding carboxylic acids is 1. The van der Waals surface area contributed by atoms with Crippen molar-refractivity contribution >= 4 is 23.4 Å². The van der Waals surface area contributed by atoms with Crippen LogP contribution in [0.3, 0.4) is 0 Å². The number of hydrogen-bond acceptors (Lipinski definition) is 6. The summed E-state index contributed by atoms with van der Waals surface area (Å²) in [5, 5.41) is 23.2. The number of nitrogens with zero attached hydrogens (tertiary/aromatic N) is 2. The molecule has 8 nitrogen and oxygen atoms in total. The Balaban J connectivity index is 1.76. The van der Waals surface area contributed by atoms with E-state index in [0.29, 0.717) is 17.9 Å². The highest BCUT2D eigenvalue weighted by molar-refractivity contribution is 6.10. The van der Waals surface area contributed by atoms with Gasteiger partial charge < -0.3 is 14.8 Å². The second-order valence-corrected chi connectivity index (χ2v) is 7.11. The predicted octanol–water partition coefficient (Wildman–Crippen LogP) is 5.04. The van der Waals surface area contributed by atoms with Crippen LogP contribution >= 0.6 is 0 Å². The van der Waals surface area contributed by atoms with Crippen molar-refractivity contribution in [3.05, 3.63) is 99.1 Å². The highest BCUT2D eigenvalue weighted by Crippen LogP contribution is 2.29. The number of nitro groups is 1. The van der Waals surface area contributed by atoms with E-state index in [9.17, 15) is 20.2 Å². The summed E-state index contributed by atoms with van der Waals surface area (Å²) in [4.78, 5) is 23.3. The first-order valence-corrected chi connectivity index (χ1v) is 9.93. The molecule has 8 heteroatoms. The van der Waals surface area contributed by atoms with Crippen LogP contribution in [0, 0.1) is 28.4 Å². The number of nitriles is 1. The molecule has 3 aromatic carbocycles. The van der Waals surface area contributed by atoms with Crippen LogP contribution in [0.2, 0.25) is 0 Å². The van der Waals surface area contributed by atoms with Crippen molar-refractivity contribution in [1.29, 1.82) is 5.26 Å². The summed E-state index contributed by atoms with van der Waals surface area (Å²) in [7, 11) is 1.38. The van der Waals surface area contributed by atoms with Crippen LogP contribution in [-0.2, 0) is 11.4 Å². The van der Waals surface area contributed by atoms with E-state index in [4.69, 9.17) is 9.47 Å². The molecule has 0 spiro atoms. The molecule has 0 unspecified atom stereocenters. The Bertz CT molecular complexity index is 1240. The third kappa shape index (κ3) is 6.18. The first-order chi connectivity index (χ1) is 15.9. The van der Waals surface area contributed by atoms with Crippen LogP contribution in [0.25, 0.3) is 6.08 Å². The Kier molecular flexibility index (Phi) is 7.39. The number of nitrogens with one attached hydrogen (secondary N) is 1. The van der Waals surface area contributed by atoms with E-state index in [2.05, 4.69) is 5.32 Å². The van der Waals surface area contributed by atoms with Crippen molar-refractivity contribution in [1.82, 2.24) is 0 Å². The number of benzene rings is 3. The van der Waals surface area contributed by atoms with Gasteiger partial charge in [-0.25, -0.2) is 0 Å². The molecule has 0 saturated carbocycles. The van der Waals surface area contributed by atoms with Gasteiger partial charge in [0.2, 0.25) is 0 Å². The second-order valence-electron chi connectivity index (χ2n) is 7.11. The lowest BCUT2D eigenvalue weighted by atomic mass is 10.1. The Morgan fingerprint density at radius 3 is 2.55 bits per heavy atom. The fourth-order valence-corrected chi connectivity index (χ4v) is 2.95. The van der Waals surface area contributed by atoms with E-state index in [0.717, 1.165) is 11.1 Å². The molecule has 0 bridgehead atoms. The van der Waals surface area contributed by atoms with E-state index in [1.54, 1.807) is 24.3 Å². The second kappa shape index (κ2) is 10.6. The number of aryl methyl sites for hydroxylation is 1. The van der Waals surface area contributed by atoms with Crippen LogP contribution in [-0.4, -0.2) is 17.9 Å². The third-order valence-electron chi connectivity index (χ3n) is 4.71. The van der Waals surface area contributed by atoms with Crippen molar-refractivity contribution in [3.8, 4) is 17.6 Å². The largest absolute Gasteiger partial charge is 0.496 e. The normalized spacial score (nSPS) is 10.8. The minimum atomic E-state index is -0.767. The average Bonchev–Trinajstić information content (AvgIpc) is 2.82. The molecule has 0 aliphatic rings. The fourth-order valence-electron chi connectivity index (χ4n) is 2.95. The number of amides is 1. The number of anilines is 1. The molecule has 0 atom stereocenters. The molecule has 0 radical (unpaired) electrons. The molecular formula is C25H21N3O5. The van der Waals surface area contributed by atoms with Crippen LogP contribution in [0.5, 0.6) is 11.5 Å². The molecule has 33 heavy (non-hydrogen) atoms. The van der Waals surface area contributed by atoms with Gasteiger partial charge in [0.15, 0.2) is 0 Å². The monoisotopic (exact) mass is 443 g/mol. The van der Waals surface area contributed by atoms with Gasteiger partial charge >= 0.3 is 0 Å². The van der Waals surface area contributed by atoms with Gasteiger partial charge in [0, 0.05) is 0 Å². The summed E-state index contributed by atoms with van der Waals surface area (Å²) in [5.41, 5.74) is 2.16. The summed E-state index contributed by atoms with van der Waals surface area (Å²) >= 11 is 0. The van der Waals surface area contributed by atoms with Crippen LogP contribution in [0.4, 0.5) is 11.4 Å². The van der Waals surface area contributed by atoms with E-state index >= 15 is 0 Å². The molecular weight excluding hydrogens is 422 g/mol. The minimum absolute atomic E-state index is 0.0397. The molecule has 1 N–H and O–H groups in total. The van der Waals surface area contributed by atoms with Gasteiger partial charge in [0.25, 0.3) is 11.6 Å². The number of nitro benzene ring substituents is 1. The standard InChI is InChI=1S/C25H21N3O5/c1-17-6-8-18(9-7-17)16-33-22-5-3-4-19(13-22)12-20(15-26)25(29)27-23-11-10-21(32-2)14-24(23)28(30)31/h3-14H,16H2,1-2H3,(H,27,29)/b20-12+. The van der Waals surface area contributed by atoms with E-state index in [1.807, 2.05) is 37.3 Å². The van der Waals surface area contributed by atoms with Gasteiger partial charge in [0.1, 0.15) is 35.4 Å². The number of hydrogen-bond donors (Lipinski definition) is 1. The van der Waals surface area contributed by atoms with E-state index in [1.165, 1.54) is 31.4 Å². The zero-order valence-electron chi connectivity index (χ0n) is 18.1. The molecule has 0 aliphatic carbocycles. The zero-order valence-corrected chi connectivity index (χ0v) is 18.1. The molecule has 0 saturated heterocycles. The predicted molar refractivity (Wildman–Crippen MR) is 124 cm³/mol. The smallest absolute Gasteiger partial charge is 0.296 e. The maximum absolute atomic E-state index is 12.6. The average molecular weight is 443 g/mol. The number of carbonyl (C=O) groups is 1. The highest BCUT2D eigenvalue weighted by atomic mass is 16.6. The highest BCUT2D eigenvalue weighted by Gasteiger charge is 2.19. The van der Waals surface area contributed by atoms with E-state index in [-0.39, 0.29) is 22.7 Å². The van der Waals surface area contributed by atoms with Gasteiger partial charge in [-0.1, -0.05) is 42.0 Å². The lowest BCUT2D eigenvalue weighted by Crippen LogP contribution is -2.14. The maximum Gasteiger partial charge on any atom is 0.296 e. The SMILES string of the molecule is COc1ccc(NC(=O)/C(C#N)=C/c2cccc(OCc3ccc(C)cc3)c2)c([N+](=O)[O-])c1. The van der Waals surface area contributed by atoms with Gasteiger partial charge in [-0.15, -0.1) is 0 Å². The quantitative estimate of drug-likeness (QED) is 0.226. The number of rotatable bonds is 8. The van der Waals surface area contributed by atoms with Crippen molar-refractivity contribution in [3.63, 3.8) is 0 Å². The lowest BCUT2D eigenvalue weighted by molar-refractivity contribution is -0.384. The third-order valence-corrected chi connectivity index (χ3v) is 4.71. The lowest BCUT2D eigenvalue weighted by Gasteiger charge is -2.08. The summed E-state index contributed by atoms with van der Waals surface area (Å²) in [6.45, 7) is 2.39. The first kappa shape index (κ1) is 23.0. The van der Waals surface area contributed by atoms with Crippen LogP contribution in [0.15, 0.2) is 72.3 Å². The number of ether oxygens (including phenoxy) is 2. The molecule has 0 aliphatic heterocycles. The van der Waals surface area contributed by atoms with Crippen LogP contribution < -0.4 is 14.8 Å². The summed E-state index contributed by atoms with van der Waals surface area (Å²) in [6, 6.07) is 20.8. The zero-order chi connectivity index (χ0) is 23.8. The number of methoxy groups -OCH3 is 1. The summed E-state index contributed by atoms with van der Waals surface area (Å²) in [6.07, 6.45) is 1.39. The summed E-state index contributed by atoms with van der Waals surface area (Å²) < 4.78 is 10.8. The Labute approximate surface area is 190 Å². The molecule has 3 rings (SSSR count). The van der Waals surface area contributed by atoms with Crippen molar-refractivity contribution < 1.29 is 19.2 Å². The van der Waals surface area contributed by atoms with Crippen molar-refractivity contribution in [2.24, 2.45) is 0 Å². The molecule has 0 aromatic heterocycles. The Morgan fingerprint density at radius 2 is 1.88 bits per heavy atom. The molecule has 3 aromatic rings. The van der Waals surface area contributed by atoms with Gasteiger partial charge in [-0.05, 0) is 48.4 Å². The Hall–Kier alpha value is -4.64. The first-order valence-electron chi connectivity index (χ1n) is 9.93. The minimum Gasteiger partial charge on any atom is -0.496 e. The molecule has 0 heterocycles. The maximum atomic E-state index is 12.6. The summed E-state index contributed by atoms with van der Waals surface area (Å²) in [5.74, 6) is 0.0859. The van der Waals surface area contributed by atoms with E-state index < -0.39 is 10.8 Å². The molecule has 1 amide bonds. The van der Waals surface area contributed by atoms with Crippen molar-refractivity contribution in [2.45, 2.75) is 13.5 Å². The van der Waals surface area contributed by atoms with Gasteiger partial charge in [0.05, 0.1) is 18.1 Å². The fraction of sp³-hybridized carbons (Fsp3) is 0.120. The molecule has 0 fully saturated rings.